The van der Waals surface area contributed by atoms with Gasteiger partial charge in [0.1, 0.15) is 5.82 Å². The van der Waals surface area contributed by atoms with Crippen molar-refractivity contribution in [3.8, 4) is 0 Å². The molecule has 5 nitrogen and oxygen atoms in total. The standard InChI is InChI=1S/C18H20Cl2N4O/c19-14-7-4-8-15(20)17(14)24-16-10-9-13(11-21-16)23-18(25)22-12-5-2-1-3-6-12/h4,7-12H,1-3,5-6H2,(H,21,24)(H2,22,23,25). The number of para-hydroxylation sites is 1. The normalized spacial score (nSPS) is 14.8. The molecule has 7 heteroatoms. The molecule has 2 aromatic rings. The number of aromatic nitrogens is 1. The van der Waals surface area contributed by atoms with Gasteiger partial charge in [-0.15, -0.1) is 0 Å². The second-order valence-electron chi connectivity index (χ2n) is 6.09. The highest BCUT2D eigenvalue weighted by atomic mass is 35.5. The largest absolute Gasteiger partial charge is 0.338 e. The fraction of sp³-hybridized carbons (Fsp3) is 0.333. The summed E-state index contributed by atoms with van der Waals surface area (Å²) in [5.41, 5.74) is 1.23. The maximum atomic E-state index is 12.0. The van der Waals surface area contributed by atoms with Gasteiger partial charge >= 0.3 is 6.03 Å². The number of urea groups is 1. The second kappa shape index (κ2) is 8.41. The fourth-order valence-electron chi connectivity index (χ4n) is 2.89. The maximum Gasteiger partial charge on any atom is 0.319 e. The molecular weight excluding hydrogens is 359 g/mol. The van der Waals surface area contributed by atoms with Crippen LogP contribution in [0.3, 0.4) is 0 Å². The summed E-state index contributed by atoms with van der Waals surface area (Å²) in [6.45, 7) is 0. The first-order valence-corrected chi connectivity index (χ1v) is 9.12. The third kappa shape index (κ3) is 5.00. The zero-order chi connectivity index (χ0) is 17.6. The Bertz CT molecular complexity index is 710. The molecule has 3 N–H and O–H groups in total. The zero-order valence-electron chi connectivity index (χ0n) is 13.7. The number of hydrogen-bond donors (Lipinski definition) is 3. The topological polar surface area (TPSA) is 66.0 Å². The zero-order valence-corrected chi connectivity index (χ0v) is 15.2. The van der Waals surface area contributed by atoms with E-state index in [1.807, 2.05) is 0 Å². The van der Waals surface area contributed by atoms with Gasteiger partial charge in [-0.25, -0.2) is 9.78 Å². The minimum absolute atomic E-state index is 0.191. The Labute approximate surface area is 157 Å². The molecule has 1 saturated carbocycles. The molecular formula is C18H20Cl2N4O. The van der Waals surface area contributed by atoms with Crippen LogP contribution in [0.1, 0.15) is 32.1 Å². The first kappa shape index (κ1) is 17.8. The molecule has 3 rings (SSSR count). The highest BCUT2D eigenvalue weighted by molar-refractivity contribution is 6.39. The number of hydrogen-bond acceptors (Lipinski definition) is 3. The van der Waals surface area contributed by atoms with Crippen molar-refractivity contribution < 1.29 is 4.79 Å². The summed E-state index contributed by atoms with van der Waals surface area (Å²) < 4.78 is 0. The molecule has 0 saturated heterocycles. The van der Waals surface area contributed by atoms with Gasteiger partial charge in [0.05, 0.1) is 27.6 Å². The van der Waals surface area contributed by atoms with Crippen LogP contribution in [0.4, 0.5) is 22.0 Å². The number of nitrogens with one attached hydrogen (secondary N) is 3. The fourth-order valence-corrected chi connectivity index (χ4v) is 3.38. The highest BCUT2D eigenvalue weighted by Gasteiger charge is 2.15. The summed E-state index contributed by atoms with van der Waals surface area (Å²) in [5, 5.41) is 9.94. The van der Waals surface area contributed by atoms with E-state index in [2.05, 4.69) is 20.9 Å². The molecule has 1 aromatic heterocycles. The van der Waals surface area contributed by atoms with Gasteiger partial charge in [-0.3, -0.25) is 0 Å². The van der Waals surface area contributed by atoms with Crippen molar-refractivity contribution in [1.29, 1.82) is 0 Å². The molecule has 1 aliphatic rings. The lowest BCUT2D eigenvalue weighted by Gasteiger charge is -2.22. The van der Waals surface area contributed by atoms with Crippen LogP contribution in [-0.2, 0) is 0 Å². The van der Waals surface area contributed by atoms with Gasteiger partial charge in [0.15, 0.2) is 0 Å². The molecule has 132 valence electrons. The molecule has 0 bridgehead atoms. The molecule has 0 spiro atoms. The molecule has 1 heterocycles. The smallest absolute Gasteiger partial charge is 0.319 e. The maximum absolute atomic E-state index is 12.0. The van der Waals surface area contributed by atoms with Crippen molar-refractivity contribution >= 4 is 46.4 Å². The Kier molecular flexibility index (Phi) is 6.00. The Morgan fingerprint density at radius 2 is 1.76 bits per heavy atom. The van der Waals surface area contributed by atoms with Crippen LogP contribution in [0.5, 0.6) is 0 Å². The van der Waals surface area contributed by atoms with Crippen molar-refractivity contribution in [1.82, 2.24) is 10.3 Å². The number of anilines is 3. The highest BCUT2D eigenvalue weighted by Crippen LogP contribution is 2.32. The molecule has 1 fully saturated rings. The second-order valence-corrected chi connectivity index (χ2v) is 6.90. The SMILES string of the molecule is O=C(Nc1ccc(Nc2c(Cl)cccc2Cl)nc1)NC1CCCCC1. The van der Waals surface area contributed by atoms with Crippen LogP contribution < -0.4 is 16.0 Å². The van der Waals surface area contributed by atoms with Crippen molar-refractivity contribution in [3.05, 3.63) is 46.6 Å². The molecule has 0 radical (unpaired) electrons. The van der Waals surface area contributed by atoms with Crippen LogP contribution in [-0.4, -0.2) is 17.1 Å². The lowest BCUT2D eigenvalue weighted by Crippen LogP contribution is -2.39. The Morgan fingerprint density at radius 3 is 2.40 bits per heavy atom. The third-order valence-corrected chi connectivity index (χ3v) is 4.81. The summed E-state index contributed by atoms with van der Waals surface area (Å²) in [5.74, 6) is 0.591. The number of rotatable bonds is 4. The van der Waals surface area contributed by atoms with Gasteiger partial charge in [-0.2, -0.15) is 0 Å². The van der Waals surface area contributed by atoms with Crippen molar-refractivity contribution in [2.75, 3.05) is 10.6 Å². The van der Waals surface area contributed by atoms with E-state index in [0.29, 0.717) is 27.2 Å². The number of benzene rings is 1. The molecule has 2 amide bonds. The van der Waals surface area contributed by atoms with E-state index in [9.17, 15) is 4.79 Å². The number of halogens is 2. The lowest BCUT2D eigenvalue weighted by atomic mass is 9.96. The summed E-state index contributed by atoms with van der Waals surface area (Å²) in [6, 6.07) is 8.90. The van der Waals surface area contributed by atoms with E-state index >= 15 is 0 Å². The molecule has 25 heavy (non-hydrogen) atoms. The van der Waals surface area contributed by atoms with Gasteiger partial charge < -0.3 is 16.0 Å². The van der Waals surface area contributed by atoms with E-state index in [4.69, 9.17) is 23.2 Å². The van der Waals surface area contributed by atoms with Crippen LogP contribution >= 0.6 is 23.2 Å². The van der Waals surface area contributed by atoms with E-state index in [1.54, 1.807) is 36.5 Å². The van der Waals surface area contributed by atoms with E-state index < -0.39 is 0 Å². The van der Waals surface area contributed by atoms with Crippen molar-refractivity contribution in [2.45, 2.75) is 38.1 Å². The Hall–Kier alpha value is -1.98. The molecule has 1 aliphatic carbocycles. The predicted molar refractivity (Wildman–Crippen MR) is 103 cm³/mol. The predicted octanol–water partition coefficient (Wildman–Crippen LogP) is 5.59. The van der Waals surface area contributed by atoms with Crippen LogP contribution in [0.2, 0.25) is 10.0 Å². The third-order valence-electron chi connectivity index (χ3n) is 4.18. The minimum Gasteiger partial charge on any atom is -0.338 e. The van der Waals surface area contributed by atoms with E-state index in [0.717, 1.165) is 12.8 Å². The van der Waals surface area contributed by atoms with Crippen LogP contribution in [0.15, 0.2) is 36.5 Å². The lowest BCUT2D eigenvalue weighted by molar-refractivity contribution is 0.244. The number of nitrogens with zero attached hydrogens (tertiary/aromatic N) is 1. The first-order chi connectivity index (χ1) is 12.1. The summed E-state index contributed by atoms with van der Waals surface area (Å²) >= 11 is 12.3. The minimum atomic E-state index is -0.191. The van der Waals surface area contributed by atoms with Gasteiger partial charge in [0, 0.05) is 6.04 Å². The van der Waals surface area contributed by atoms with Crippen LogP contribution in [0.25, 0.3) is 0 Å². The first-order valence-electron chi connectivity index (χ1n) is 8.36. The van der Waals surface area contributed by atoms with Gasteiger partial charge in [0.2, 0.25) is 0 Å². The average molecular weight is 379 g/mol. The summed E-state index contributed by atoms with van der Waals surface area (Å²) in [6.07, 6.45) is 7.30. The Morgan fingerprint density at radius 1 is 1.04 bits per heavy atom. The molecule has 0 unspecified atom stereocenters. The summed E-state index contributed by atoms with van der Waals surface area (Å²) in [4.78, 5) is 16.3. The molecule has 0 aliphatic heterocycles. The average Bonchev–Trinajstić information content (AvgIpc) is 2.60. The number of carbonyl (C=O) groups is 1. The van der Waals surface area contributed by atoms with Crippen LogP contribution in [0, 0.1) is 0 Å². The van der Waals surface area contributed by atoms with Crippen molar-refractivity contribution in [3.63, 3.8) is 0 Å². The van der Waals surface area contributed by atoms with E-state index in [-0.39, 0.29) is 12.1 Å². The summed E-state index contributed by atoms with van der Waals surface area (Å²) in [7, 11) is 0. The van der Waals surface area contributed by atoms with Gasteiger partial charge in [-0.05, 0) is 37.1 Å². The molecule has 0 atom stereocenters. The van der Waals surface area contributed by atoms with Gasteiger partial charge in [-0.1, -0.05) is 48.5 Å². The number of carbonyl (C=O) groups excluding carboxylic acids is 1. The van der Waals surface area contributed by atoms with E-state index in [1.165, 1.54) is 19.3 Å². The number of pyridine rings is 1. The monoisotopic (exact) mass is 378 g/mol. The molecule has 1 aromatic carbocycles. The van der Waals surface area contributed by atoms with Crippen molar-refractivity contribution in [2.24, 2.45) is 0 Å². The quantitative estimate of drug-likeness (QED) is 0.649. The number of amides is 2. The van der Waals surface area contributed by atoms with Gasteiger partial charge in [0.25, 0.3) is 0 Å². The Balaban J connectivity index is 1.57.